The predicted molar refractivity (Wildman–Crippen MR) is 87.1 cm³/mol. The maximum atomic E-state index is 11.9. The van der Waals surface area contributed by atoms with Crippen LogP contribution < -0.4 is 11.1 Å². The molecule has 1 saturated carbocycles. The van der Waals surface area contributed by atoms with E-state index in [-0.39, 0.29) is 5.91 Å². The van der Waals surface area contributed by atoms with E-state index < -0.39 is 5.54 Å². The lowest BCUT2D eigenvalue weighted by atomic mass is 9.74. The molecule has 4 heteroatoms. The SMILES string of the molecule is CCNC1(C(N)=O)CCC(N2CCC(CC)(CC)CC2)C1. The third kappa shape index (κ3) is 3.26. The normalized spacial score (nSPS) is 33.2. The monoisotopic (exact) mass is 295 g/mol. The van der Waals surface area contributed by atoms with Crippen LogP contribution in [0.15, 0.2) is 0 Å². The first-order valence-corrected chi connectivity index (χ1v) is 8.80. The van der Waals surface area contributed by atoms with E-state index in [1.807, 2.05) is 0 Å². The Labute approximate surface area is 129 Å². The summed E-state index contributed by atoms with van der Waals surface area (Å²) in [7, 11) is 0. The third-order valence-electron chi connectivity index (χ3n) is 6.35. The smallest absolute Gasteiger partial charge is 0.237 e. The van der Waals surface area contributed by atoms with Gasteiger partial charge in [-0.3, -0.25) is 4.79 Å². The van der Waals surface area contributed by atoms with Gasteiger partial charge in [-0.2, -0.15) is 0 Å². The summed E-state index contributed by atoms with van der Waals surface area (Å²) in [6.45, 7) is 9.90. The van der Waals surface area contributed by atoms with E-state index in [1.54, 1.807) is 0 Å². The van der Waals surface area contributed by atoms with Gasteiger partial charge in [0, 0.05) is 6.04 Å². The Balaban J connectivity index is 1.95. The maximum Gasteiger partial charge on any atom is 0.237 e. The molecule has 0 radical (unpaired) electrons. The molecule has 21 heavy (non-hydrogen) atoms. The summed E-state index contributed by atoms with van der Waals surface area (Å²) < 4.78 is 0. The molecular weight excluding hydrogens is 262 g/mol. The molecule has 0 aromatic carbocycles. The quantitative estimate of drug-likeness (QED) is 0.790. The van der Waals surface area contributed by atoms with Crippen molar-refractivity contribution in [2.45, 2.75) is 77.3 Å². The van der Waals surface area contributed by atoms with Gasteiger partial charge in [0.1, 0.15) is 0 Å². The van der Waals surface area contributed by atoms with Crippen molar-refractivity contribution < 1.29 is 4.79 Å². The fraction of sp³-hybridized carbons (Fsp3) is 0.941. The molecule has 0 aromatic rings. The van der Waals surface area contributed by atoms with Crippen LogP contribution in [0.2, 0.25) is 0 Å². The average molecular weight is 295 g/mol. The molecule has 4 nitrogen and oxygen atoms in total. The van der Waals surface area contributed by atoms with Crippen molar-refractivity contribution in [2.24, 2.45) is 11.1 Å². The van der Waals surface area contributed by atoms with Gasteiger partial charge in [0.15, 0.2) is 0 Å². The number of amides is 1. The molecule has 0 aromatic heterocycles. The number of rotatable bonds is 6. The van der Waals surface area contributed by atoms with Crippen LogP contribution in [-0.2, 0) is 4.79 Å². The number of nitrogens with one attached hydrogen (secondary N) is 1. The first kappa shape index (κ1) is 16.8. The van der Waals surface area contributed by atoms with E-state index in [0.29, 0.717) is 11.5 Å². The van der Waals surface area contributed by atoms with Gasteiger partial charge in [-0.15, -0.1) is 0 Å². The second kappa shape index (κ2) is 6.66. The van der Waals surface area contributed by atoms with E-state index in [2.05, 4.69) is 31.0 Å². The van der Waals surface area contributed by atoms with Crippen molar-refractivity contribution in [2.75, 3.05) is 19.6 Å². The van der Waals surface area contributed by atoms with Gasteiger partial charge in [-0.25, -0.2) is 0 Å². The summed E-state index contributed by atoms with van der Waals surface area (Å²) in [5.74, 6) is -0.166. The van der Waals surface area contributed by atoms with E-state index >= 15 is 0 Å². The summed E-state index contributed by atoms with van der Waals surface area (Å²) in [5.41, 5.74) is 5.79. The Morgan fingerprint density at radius 3 is 2.29 bits per heavy atom. The van der Waals surface area contributed by atoms with Gasteiger partial charge in [-0.1, -0.05) is 33.6 Å². The fourth-order valence-corrected chi connectivity index (χ4v) is 4.46. The summed E-state index contributed by atoms with van der Waals surface area (Å²) in [6, 6.07) is 0.531. The van der Waals surface area contributed by atoms with E-state index in [1.165, 1.54) is 38.8 Å². The molecule has 2 fully saturated rings. The lowest BCUT2D eigenvalue weighted by Gasteiger charge is -2.43. The van der Waals surface area contributed by atoms with Gasteiger partial charge < -0.3 is 16.0 Å². The zero-order chi connectivity index (χ0) is 15.5. The first-order valence-electron chi connectivity index (χ1n) is 8.80. The number of hydrogen-bond donors (Lipinski definition) is 2. The van der Waals surface area contributed by atoms with Crippen LogP contribution in [0.5, 0.6) is 0 Å². The standard InChI is InChI=1S/C17H33N3O/c1-4-16(5-2)9-11-20(12-10-16)14-7-8-17(13-14,15(18)21)19-6-3/h14,19H,4-13H2,1-3H3,(H2,18,21). The van der Waals surface area contributed by atoms with Crippen molar-refractivity contribution >= 4 is 5.91 Å². The molecule has 2 rings (SSSR count). The molecule has 1 saturated heterocycles. The van der Waals surface area contributed by atoms with Crippen molar-refractivity contribution in [3.8, 4) is 0 Å². The maximum absolute atomic E-state index is 11.9. The minimum atomic E-state index is -0.455. The Morgan fingerprint density at radius 2 is 1.81 bits per heavy atom. The van der Waals surface area contributed by atoms with Crippen molar-refractivity contribution in [1.82, 2.24) is 10.2 Å². The molecule has 0 bridgehead atoms. The summed E-state index contributed by atoms with van der Waals surface area (Å²) >= 11 is 0. The highest BCUT2D eigenvalue weighted by molar-refractivity contribution is 5.85. The van der Waals surface area contributed by atoms with Crippen LogP contribution in [0, 0.1) is 5.41 Å². The lowest BCUT2D eigenvalue weighted by molar-refractivity contribution is -0.124. The van der Waals surface area contributed by atoms with Crippen LogP contribution in [-0.4, -0.2) is 42.0 Å². The second-order valence-corrected chi connectivity index (χ2v) is 7.12. The zero-order valence-electron chi connectivity index (χ0n) is 14.1. The molecule has 122 valence electrons. The number of primary amides is 1. The molecule has 2 unspecified atom stereocenters. The van der Waals surface area contributed by atoms with Gasteiger partial charge in [-0.05, 0) is 57.2 Å². The lowest BCUT2D eigenvalue weighted by Crippen LogP contribution is -2.55. The van der Waals surface area contributed by atoms with Crippen molar-refractivity contribution in [3.05, 3.63) is 0 Å². The molecule has 1 heterocycles. The molecule has 1 aliphatic heterocycles. The summed E-state index contributed by atoms with van der Waals surface area (Å²) in [4.78, 5) is 14.5. The summed E-state index contributed by atoms with van der Waals surface area (Å²) in [5, 5.41) is 3.36. The number of likely N-dealkylation sites (N-methyl/N-ethyl adjacent to an activating group) is 1. The van der Waals surface area contributed by atoms with Gasteiger partial charge >= 0.3 is 0 Å². The summed E-state index contributed by atoms with van der Waals surface area (Å²) in [6.07, 6.45) is 8.09. The molecule has 3 N–H and O–H groups in total. The van der Waals surface area contributed by atoms with Gasteiger partial charge in [0.2, 0.25) is 5.91 Å². The Bertz CT molecular complexity index is 357. The average Bonchev–Trinajstić information content (AvgIpc) is 2.93. The van der Waals surface area contributed by atoms with Crippen molar-refractivity contribution in [3.63, 3.8) is 0 Å². The van der Waals surface area contributed by atoms with Crippen molar-refractivity contribution in [1.29, 1.82) is 0 Å². The Morgan fingerprint density at radius 1 is 1.19 bits per heavy atom. The third-order valence-corrected chi connectivity index (χ3v) is 6.35. The number of likely N-dealkylation sites (tertiary alicyclic amines) is 1. The topological polar surface area (TPSA) is 58.4 Å². The van der Waals surface area contributed by atoms with E-state index in [0.717, 1.165) is 25.8 Å². The Kier molecular flexibility index (Phi) is 5.31. The van der Waals surface area contributed by atoms with E-state index in [4.69, 9.17) is 5.73 Å². The molecule has 1 aliphatic carbocycles. The molecule has 2 atom stereocenters. The molecule has 2 aliphatic rings. The van der Waals surface area contributed by atoms with Gasteiger partial charge in [0.05, 0.1) is 5.54 Å². The van der Waals surface area contributed by atoms with Crippen LogP contribution in [0.3, 0.4) is 0 Å². The highest BCUT2D eigenvalue weighted by Crippen LogP contribution is 2.41. The largest absolute Gasteiger partial charge is 0.368 e. The van der Waals surface area contributed by atoms with Crippen LogP contribution in [0.1, 0.15) is 65.7 Å². The number of hydrogen-bond acceptors (Lipinski definition) is 3. The predicted octanol–water partition coefficient (Wildman–Crippen LogP) is 2.27. The number of carbonyl (C=O) groups is 1. The highest BCUT2D eigenvalue weighted by atomic mass is 16.1. The minimum absolute atomic E-state index is 0.166. The van der Waals surface area contributed by atoms with E-state index in [9.17, 15) is 4.79 Å². The number of nitrogens with two attached hydrogens (primary N) is 1. The second-order valence-electron chi connectivity index (χ2n) is 7.12. The van der Waals surface area contributed by atoms with Crippen LogP contribution in [0.25, 0.3) is 0 Å². The molecule has 0 spiro atoms. The number of carbonyl (C=O) groups excluding carboxylic acids is 1. The minimum Gasteiger partial charge on any atom is -0.368 e. The molecule has 1 amide bonds. The van der Waals surface area contributed by atoms with Crippen LogP contribution >= 0.6 is 0 Å². The first-order chi connectivity index (χ1) is 10.0. The fourth-order valence-electron chi connectivity index (χ4n) is 4.46. The van der Waals surface area contributed by atoms with Gasteiger partial charge in [0.25, 0.3) is 0 Å². The number of piperidine rings is 1. The Hall–Kier alpha value is -0.610. The zero-order valence-corrected chi connectivity index (χ0v) is 14.1. The number of nitrogens with zero attached hydrogens (tertiary/aromatic N) is 1. The highest BCUT2D eigenvalue weighted by Gasteiger charge is 2.46. The molecular formula is C17H33N3O. The van der Waals surface area contributed by atoms with Crippen LogP contribution in [0.4, 0.5) is 0 Å².